The summed E-state index contributed by atoms with van der Waals surface area (Å²) in [5, 5.41) is 7.13. The zero-order chi connectivity index (χ0) is 45.7. The van der Waals surface area contributed by atoms with E-state index in [0.29, 0.717) is 12.0 Å². The van der Waals surface area contributed by atoms with Gasteiger partial charge in [-0.15, -0.1) is 0 Å². The molecule has 0 bridgehead atoms. The number of alkyl carbamates (subject to hydrolysis) is 1. The van der Waals surface area contributed by atoms with E-state index < -0.39 is 44.1 Å². The molecule has 3 saturated carbocycles. The molecule has 6 rings (SSSR count). The maximum absolute atomic E-state index is 12.9. The van der Waals surface area contributed by atoms with Crippen molar-refractivity contribution >= 4 is 20.6 Å². The molecule has 5 unspecified atom stereocenters. The maximum Gasteiger partial charge on any atom is 0.407 e. The standard InChI is InChI=1S/C50H84N4O8Si/c1-33(2)17-16-18-34(3)38-21-22-39-37-20-19-35-31-36(23-26-49(35,7)40(37)24-27-50(38,39)8)60-47(57)51-28-14-12-13-15-29-52-59-32-41-43(62-63(10,11)48(4,5)6)44(58-9)45(61-41)54-30-25-42(55)53-46(54)56/h19,25,29-30,33-34,36-41,43-45H,12-18,20-24,26-28,31-32H2,1-11H3,(H,51,57)(H,53,55,56)/t34-,36+,37?,38?,39?,40?,41-,43?,44+,45-,49+,50-/m1/s1. The fourth-order valence-electron chi connectivity index (χ4n) is 12.5. The van der Waals surface area contributed by atoms with E-state index in [1.54, 1.807) is 18.9 Å². The second kappa shape index (κ2) is 20.8. The van der Waals surface area contributed by atoms with Crippen LogP contribution in [-0.2, 0) is 23.5 Å². The van der Waals surface area contributed by atoms with Gasteiger partial charge in [0.15, 0.2) is 14.5 Å². The van der Waals surface area contributed by atoms with Gasteiger partial charge < -0.3 is 28.8 Å². The van der Waals surface area contributed by atoms with Crippen LogP contribution in [0.3, 0.4) is 0 Å². The number of aromatic amines is 1. The number of H-pyrrole nitrogens is 1. The van der Waals surface area contributed by atoms with E-state index in [-0.39, 0.29) is 29.3 Å². The Morgan fingerprint density at radius 2 is 1.81 bits per heavy atom. The molecule has 5 aliphatic rings. The van der Waals surface area contributed by atoms with Gasteiger partial charge in [-0.05, 0) is 129 Å². The predicted molar refractivity (Wildman–Crippen MR) is 252 cm³/mol. The molecule has 63 heavy (non-hydrogen) atoms. The van der Waals surface area contributed by atoms with Crippen LogP contribution >= 0.6 is 0 Å². The van der Waals surface area contributed by atoms with Crippen LogP contribution in [0.25, 0.3) is 0 Å². The molecule has 12 atom stereocenters. The number of unbranched alkanes of at least 4 members (excludes halogenated alkanes) is 3. The third-order valence-electron chi connectivity index (χ3n) is 17.1. The number of aromatic nitrogens is 2. The first kappa shape index (κ1) is 49.7. The summed E-state index contributed by atoms with van der Waals surface area (Å²) in [6, 6.07) is 1.29. The van der Waals surface area contributed by atoms with Gasteiger partial charge in [-0.25, -0.2) is 9.59 Å². The van der Waals surface area contributed by atoms with Crippen LogP contribution in [0.15, 0.2) is 38.7 Å². The number of nitrogens with one attached hydrogen (secondary N) is 2. The molecule has 4 aliphatic carbocycles. The average molecular weight is 897 g/mol. The second-order valence-corrected chi connectivity index (χ2v) is 27.3. The summed E-state index contributed by atoms with van der Waals surface area (Å²) < 4.78 is 26.4. The fraction of sp³-hybridized carbons (Fsp3) is 0.840. The minimum atomic E-state index is -2.28. The zero-order valence-corrected chi connectivity index (χ0v) is 41.8. The molecule has 0 aromatic carbocycles. The monoisotopic (exact) mass is 897 g/mol. The third kappa shape index (κ3) is 11.3. The molecule has 1 saturated heterocycles. The summed E-state index contributed by atoms with van der Waals surface area (Å²) in [5.41, 5.74) is 1.23. The van der Waals surface area contributed by atoms with Gasteiger partial charge in [-0.2, -0.15) is 0 Å². The quantitative estimate of drug-likeness (QED) is 0.0460. The van der Waals surface area contributed by atoms with E-state index in [4.69, 9.17) is 23.5 Å². The van der Waals surface area contributed by atoms with Gasteiger partial charge in [-0.1, -0.05) is 97.9 Å². The lowest BCUT2D eigenvalue weighted by atomic mass is 9.47. The van der Waals surface area contributed by atoms with E-state index in [1.807, 2.05) is 0 Å². The molecule has 4 fully saturated rings. The van der Waals surface area contributed by atoms with Crippen LogP contribution in [0, 0.1) is 46.3 Å². The molecule has 13 heteroatoms. The Hall–Kier alpha value is -2.74. The summed E-state index contributed by atoms with van der Waals surface area (Å²) in [4.78, 5) is 45.4. The number of fused-ring (bicyclic) bond motifs is 5. The van der Waals surface area contributed by atoms with Crippen molar-refractivity contribution < 1.29 is 28.3 Å². The van der Waals surface area contributed by atoms with Crippen molar-refractivity contribution in [3.05, 3.63) is 44.8 Å². The van der Waals surface area contributed by atoms with Crippen LogP contribution in [0.1, 0.15) is 158 Å². The Morgan fingerprint density at radius 1 is 1.03 bits per heavy atom. The lowest BCUT2D eigenvalue weighted by Crippen LogP contribution is -2.51. The van der Waals surface area contributed by atoms with Gasteiger partial charge in [0.1, 0.15) is 31.0 Å². The van der Waals surface area contributed by atoms with Crippen LogP contribution in [0.5, 0.6) is 0 Å². The first-order valence-corrected chi connectivity index (χ1v) is 27.6. The molecular formula is C50H84N4O8Si. The van der Waals surface area contributed by atoms with Crippen molar-refractivity contribution in [3.8, 4) is 0 Å². The topological polar surface area (TPSA) is 142 Å². The number of allylic oxidation sites excluding steroid dienone is 1. The smallest absolute Gasteiger partial charge is 0.407 e. The Balaban J connectivity index is 0.897. The highest BCUT2D eigenvalue weighted by molar-refractivity contribution is 6.74. The molecule has 1 aromatic rings. The number of rotatable bonds is 19. The Bertz CT molecular complexity index is 1850. The van der Waals surface area contributed by atoms with Crippen molar-refractivity contribution in [1.82, 2.24) is 14.9 Å². The molecule has 0 radical (unpaired) electrons. The van der Waals surface area contributed by atoms with Crippen LogP contribution in [0.2, 0.25) is 18.1 Å². The van der Waals surface area contributed by atoms with E-state index in [9.17, 15) is 14.4 Å². The number of carbonyl (C=O) groups excluding carboxylic acids is 1. The number of nitrogens with zero attached hydrogens (tertiary/aromatic N) is 2. The molecule has 0 spiro atoms. The van der Waals surface area contributed by atoms with Crippen LogP contribution in [0.4, 0.5) is 4.79 Å². The minimum absolute atomic E-state index is 0.0462. The molecular weight excluding hydrogens is 813 g/mol. The van der Waals surface area contributed by atoms with Gasteiger partial charge in [0, 0.05) is 38.6 Å². The Kier molecular flexibility index (Phi) is 16.4. The van der Waals surface area contributed by atoms with E-state index in [1.165, 1.54) is 68.2 Å². The molecule has 2 heterocycles. The molecule has 1 aromatic heterocycles. The predicted octanol–water partition coefficient (Wildman–Crippen LogP) is 10.5. The number of ether oxygens (including phenoxy) is 3. The summed E-state index contributed by atoms with van der Waals surface area (Å²) >= 11 is 0. The van der Waals surface area contributed by atoms with Crippen LogP contribution in [-0.4, -0.2) is 74.9 Å². The normalized spacial score (nSPS) is 33.7. The van der Waals surface area contributed by atoms with E-state index in [0.717, 1.165) is 80.5 Å². The number of carbonyl (C=O) groups is 1. The van der Waals surface area contributed by atoms with Gasteiger partial charge in [-0.3, -0.25) is 14.3 Å². The average Bonchev–Trinajstić information content (AvgIpc) is 3.74. The fourth-order valence-corrected chi connectivity index (χ4v) is 13.8. The molecule has 12 nitrogen and oxygen atoms in total. The van der Waals surface area contributed by atoms with Crippen molar-refractivity contribution in [2.75, 3.05) is 20.3 Å². The maximum atomic E-state index is 12.9. The minimum Gasteiger partial charge on any atom is -0.446 e. The summed E-state index contributed by atoms with van der Waals surface area (Å²) in [7, 11) is -0.716. The summed E-state index contributed by atoms with van der Waals surface area (Å²) in [5.74, 6) is 4.94. The third-order valence-corrected chi connectivity index (χ3v) is 21.6. The molecule has 1 amide bonds. The number of oxime groups is 1. The Morgan fingerprint density at radius 3 is 2.52 bits per heavy atom. The van der Waals surface area contributed by atoms with Gasteiger partial charge in [0.25, 0.3) is 5.56 Å². The van der Waals surface area contributed by atoms with Crippen LogP contribution < -0.4 is 16.6 Å². The van der Waals surface area contributed by atoms with Gasteiger partial charge in [0.2, 0.25) is 0 Å². The van der Waals surface area contributed by atoms with Crippen molar-refractivity contribution in [1.29, 1.82) is 0 Å². The lowest BCUT2D eigenvalue weighted by Gasteiger charge is -2.58. The second-order valence-electron chi connectivity index (χ2n) is 22.5. The number of hydrogen-bond donors (Lipinski definition) is 2. The number of methoxy groups -OCH3 is 1. The molecule has 356 valence electrons. The van der Waals surface area contributed by atoms with Crippen molar-refractivity contribution in [3.63, 3.8) is 0 Å². The highest BCUT2D eigenvalue weighted by Gasteiger charge is 2.59. The first-order valence-electron chi connectivity index (χ1n) is 24.7. The van der Waals surface area contributed by atoms with Crippen molar-refractivity contribution in [2.24, 2.45) is 51.5 Å². The van der Waals surface area contributed by atoms with Crippen molar-refractivity contribution in [2.45, 2.75) is 200 Å². The number of hydrogen-bond acceptors (Lipinski definition) is 9. The lowest BCUT2D eigenvalue weighted by molar-refractivity contribution is -0.0715. The van der Waals surface area contributed by atoms with Gasteiger partial charge >= 0.3 is 11.8 Å². The SMILES string of the molecule is CO[C@H]1C(O[Si](C)(C)C(C)(C)C)[C@@H](CON=CCCCCCNC(=O)O[C@H]2CC[C@@]3(C)C(=CCC4C5CCC([C@H](C)CCCC(C)C)[C@@]5(C)CCC43)C2)O[C@H]1n1ccc(=O)[nH]c1=O. The van der Waals surface area contributed by atoms with E-state index >= 15 is 0 Å². The highest BCUT2D eigenvalue weighted by Crippen LogP contribution is 2.67. The summed E-state index contributed by atoms with van der Waals surface area (Å²) in [6.07, 6.45) is 20.2. The van der Waals surface area contributed by atoms with E-state index in [2.05, 4.69) is 90.0 Å². The Labute approximate surface area is 379 Å². The summed E-state index contributed by atoms with van der Waals surface area (Å²) in [6.45, 7) is 24.0. The highest BCUT2D eigenvalue weighted by atomic mass is 28.4. The largest absolute Gasteiger partial charge is 0.446 e. The number of amides is 1. The first-order chi connectivity index (χ1) is 29.8. The van der Waals surface area contributed by atoms with Gasteiger partial charge in [0.05, 0.1) is 0 Å². The molecule has 2 N–H and O–H groups in total. The zero-order valence-electron chi connectivity index (χ0n) is 40.8. The molecule has 1 aliphatic heterocycles.